The van der Waals surface area contributed by atoms with Gasteiger partial charge in [0.25, 0.3) is 0 Å². The van der Waals surface area contributed by atoms with Crippen molar-refractivity contribution in [1.82, 2.24) is 10.3 Å². The van der Waals surface area contributed by atoms with E-state index in [4.69, 9.17) is 0 Å². The van der Waals surface area contributed by atoms with E-state index in [-0.39, 0.29) is 18.2 Å². The lowest BCUT2D eigenvalue weighted by Gasteiger charge is -2.24. The summed E-state index contributed by atoms with van der Waals surface area (Å²) in [5, 5.41) is 25.6. The Morgan fingerprint density at radius 2 is 1.83 bits per heavy atom. The predicted molar refractivity (Wildman–Crippen MR) is 125 cm³/mol. The Kier molecular flexibility index (Phi) is 12.3. The quantitative estimate of drug-likeness (QED) is 0.246. The predicted octanol–water partition coefficient (Wildman–Crippen LogP) is 5.26. The number of benzene rings is 1. The molecule has 7 nitrogen and oxygen atoms in total. The molecule has 0 saturated carbocycles. The second-order valence-corrected chi connectivity index (χ2v) is 7.39. The van der Waals surface area contributed by atoms with Crippen LogP contribution in [0.3, 0.4) is 0 Å². The lowest BCUT2D eigenvalue weighted by atomic mass is 9.96. The second kappa shape index (κ2) is 14.4. The smallest absolute Gasteiger partial charge is 0.406 e. The Morgan fingerprint density at radius 1 is 1.20 bits per heavy atom. The number of nitrogens with zero attached hydrogens (tertiary/aromatic N) is 1. The molecule has 2 unspecified atom stereocenters. The molecule has 35 heavy (non-hydrogen) atoms. The number of hydrogen-bond donors (Lipinski definition) is 4. The van der Waals surface area contributed by atoms with E-state index in [1.807, 2.05) is 13.8 Å². The van der Waals surface area contributed by atoms with Crippen LogP contribution < -0.4 is 15.4 Å². The number of alkyl halides is 3. The summed E-state index contributed by atoms with van der Waals surface area (Å²) in [6.45, 7) is 6.19. The lowest BCUT2D eigenvalue weighted by molar-refractivity contribution is -0.274. The zero-order chi connectivity index (χ0) is 26.6. The van der Waals surface area contributed by atoms with Gasteiger partial charge in [-0.05, 0) is 55.8 Å². The van der Waals surface area contributed by atoms with Gasteiger partial charge in [0.2, 0.25) is 0 Å². The molecule has 1 aromatic carbocycles. The molecule has 2 atom stereocenters. The molecule has 0 fully saturated rings. The number of nitrogens with one attached hydrogen (secondary N) is 2. The maximum absolute atomic E-state index is 12.3. The molecule has 0 spiro atoms. The number of rotatable bonds is 11. The number of allylic oxidation sites excluding steroid dienone is 1. The molecule has 11 heteroatoms. The summed E-state index contributed by atoms with van der Waals surface area (Å²) >= 11 is 0. The number of ketones is 1. The minimum atomic E-state index is -4.75. The molecular weight excluding hydrogens is 470 g/mol. The number of hydrogen-bond acceptors (Lipinski definition) is 7. The van der Waals surface area contributed by atoms with Crippen molar-refractivity contribution in [3.63, 3.8) is 0 Å². The van der Waals surface area contributed by atoms with Crippen LogP contribution >= 0.6 is 0 Å². The highest BCUT2D eigenvalue weighted by Gasteiger charge is 2.31. The van der Waals surface area contributed by atoms with Crippen LogP contribution in [0.2, 0.25) is 0 Å². The van der Waals surface area contributed by atoms with Crippen molar-refractivity contribution in [1.29, 1.82) is 0 Å². The van der Waals surface area contributed by atoms with E-state index in [1.54, 1.807) is 13.1 Å². The molecule has 0 aliphatic carbocycles. The molecule has 2 aromatic rings. The summed E-state index contributed by atoms with van der Waals surface area (Å²) in [6, 6.07) is 6.73. The normalized spacial score (nSPS) is 12.7. The van der Waals surface area contributed by atoms with E-state index in [9.17, 15) is 32.6 Å². The highest BCUT2D eigenvalue weighted by molar-refractivity contribution is 5.92. The number of Topliss-reactive ketones (excluding diaryl/α,β-unsaturated/α-hetero) is 1. The molecule has 0 saturated heterocycles. The van der Waals surface area contributed by atoms with Gasteiger partial charge < -0.3 is 25.6 Å². The highest BCUT2D eigenvalue weighted by atomic mass is 19.4. The van der Waals surface area contributed by atoms with Gasteiger partial charge in [0.1, 0.15) is 17.7 Å². The Bertz CT molecular complexity index is 949. The third-order valence-electron chi connectivity index (χ3n) is 4.79. The third-order valence-corrected chi connectivity index (χ3v) is 4.79. The fourth-order valence-corrected chi connectivity index (χ4v) is 3.13. The van der Waals surface area contributed by atoms with Gasteiger partial charge >= 0.3 is 6.36 Å². The first-order chi connectivity index (χ1) is 16.5. The van der Waals surface area contributed by atoms with Gasteiger partial charge in [-0.3, -0.25) is 4.79 Å². The average Bonchev–Trinajstić information content (AvgIpc) is 2.81. The molecule has 0 aliphatic rings. The number of aliphatic hydroxyl groups excluding tert-OH is 2. The van der Waals surface area contributed by atoms with E-state index in [0.29, 0.717) is 35.5 Å². The monoisotopic (exact) mass is 501 g/mol. The first-order valence-corrected chi connectivity index (χ1v) is 10.9. The zero-order valence-corrected chi connectivity index (χ0v) is 19.8. The topological polar surface area (TPSA) is 104 Å². The van der Waals surface area contributed by atoms with Gasteiger partial charge in [-0.1, -0.05) is 20.4 Å². The Morgan fingerprint density at radius 3 is 2.26 bits per heavy atom. The molecule has 0 amide bonds. The minimum Gasteiger partial charge on any atom is -0.406 e. The summed E-state index contributed by atoms with van der Waals surface area (Å²) < 4.78 is 52.4. The van der Waals surface area contributed by atoms with E-state index in [1.165, 1.54) is 30.5 Å². The summed E-state index contributed by atoms with van der Waals surface area (Å²) in [5.41, 5.74) is 1.70. The van der Waals surface area contributed by atoms with Crippen LogP contribution in [-0.4, -0.2) is 41.0 Å². The Labute approximate surface area is 201 Å². The van der Waals surface area contributed by atoms with Crippen LogP contribution in [0, 0.1) is 0 Å². The van der Waals surface area contributed by atoms with Crippen molar-refractivity contribution in [2.24, 2.45) is 0 Å². The molecule has 194 valence electrons. The number of anilines is 2. The average molecular weight is 502 g/mol. The maximum Gasteiger partial charge on any atom is 0.573 e. The van der Waals surface area contributed by atoms with Crippen LogP contribution in [0.25, 0.3) is 0 Å². The standard InChI is InChI=1S/C18H22F3N3O3.C6H9FO/c1-3-14(22-2)16-13(15(26)10-25)8-9-23-17(16)24-11-4-6-12(7-5-11)27-18(19,20)21;1-3-4-6(8)5(2)7/h4-9,14-15,22,25-26H,3,10H2,1-2H3,(H,23,24);2-4H2,1H3. The third kappa shape index (κ3) is 10.0. The van der Waals surface area contributed by atoms with E-state index < -0.39 is 30.7 Å². The van der Waals surface area contributed by atoms with Crippen LogP contribution in [0.1, 0.15) is 56.4 Å². The number of carbonyl (C=O) groups is 1. The molecule has 1 heterocycles. The van der Waals surface area contributed by atoms with Crippen molar-refractivity contribution in [3.8, 4) is 5.75 Å². The van der Waals surface area contributed by atoms with Gasteiger partial charge in [0, 0.05) is 29.9 Å². The van der Waals surface area contributed by atoms with Crippen molar-refractivity contribution in [3.05, 3.63) is 60.1 Å². The number of ether oxygens (including phenoxy) is 1. The number of halogens is 4. The molecule has 0 bridgehead atoms. The second-order valence-electron chi connectivity index (χ2n) is 7.39. The largest absolute Gasteiger partial charge is 0.573 e. The number of aliphatic hydroxyl groups is 2. The van der Waals surface area contributed by atoms with Gasteiger partial charge in [-0.2, -0.15) is 0 Å². The van der Waals surface area contributed by atoms with Crippen LogP contribution in [0.4, 0.5) is 29.1 Å². The maximum atomic E-state index is 12.3. The lowest BCUT2D eigenvalue weighted by Crippen LogP contribution is -2.21. The number of pyridine rings is 1. The Balaban J connectivity index is 0.000000658. The van der Waals surface area contributed by atoms with Crippen molar-refractivity contribution in [2.75, 3.05) is 19.0 Å². The zero-order valence-electron chi connectivity index (χ0n) is 19.8. The van der Waals surface area contributed by atoms with Crippen molar-refractivity contribution >= 4 is 17.3 Å². The van der Waals surface area contributed by atoms with Crippen LogP contribution in [0.5, 0.6) is 5.75 Å². The molecule has 1 aromatic heterocycles. The number of aromatic nitrogens is 1. The van der Waals surface area contributed by atoms with Crippen LogP contribution in [0.15, 0.2) is 48.9 Å². The summed E-state index contributed by atoms with van der Waals surface area (Å²) in [5.74, 6) is -1.20. The highest BCUT2D eigenvalue weighted by Crippen LogP contribution is 2.33. The van der Waals surface area contributed by atoms with Gasteiger partial charge in [0.15, 0.2) is 11.6 Å². The summed E-state index contributed by atoms with van der Waals surface area (Å²) in [4.78, 5) is 14.6. The Hall–Kier alpha value is -3.02. The van der Waals surface area contributed by atoms with Gasteiger partial charge in [-0.15, -0.1) is 13.2 Å². The molecule has 0 radical (unpaired) electrons. The SMILES string of the molecule is C=C(F)C(=O)CCC.CCC(NC)c1c(C(O)CO)ccnc1Nc1ccc(OC(F)(F)F)cc1. The van der Waals surface area contributed by atoms with E-state index in [0.717, 1.165) is 0 Å². The number of carbonyl (C=O) groups excluding carboxylic acids is 1. The molecule has 0 aliphatic heterocycles. The van der Waals surface area contributed by atoms with Crippen molar-refractivity contribution in [2.45, 2.75) is 51.6 Å². The minimum absolute atomic E-state index is 0.148. The molecular formula is C24H31F4N3O4. The molecule has 4 N–H and O–H groups in total. The fraction of sp³-hybridized carbons (Fsp3) is 0.417. The summed E-state index contributed by atoms with van der Waals surface area (Å²) in [7, 11) is 1.77. The van der Waals surface area contributed by atoms with Crippen LogP contribution in [-0.2, 0) is 4.79 Å². The first-order valence-electron chi connectivity index (χ1n) is 10.9. The molecule has 2 rings (SSSR count). The van der Waals surface area contributed by atoms with Crippen molar-refractivity contribution < 1.29 is 37.3 Å². The summed E-state index contributed by atoms with van der Waals surface area (Å²) in [6.07, 6.45) is -2.69. The first kappa shape index (κ1) is 30.0. The fourth-order valence-electron chi connectivity index (χ4n) is 3.13. The van der Waals surface area contributed by atoms with Gasteiger partial charge in [-0.25, -0.2) is 9.37 Å². The van der Waals surface area contributed by atoms with E-state index >= 15 is 0 Å². The van der Waals surface area contributed by atoms with Gasteiger partial charge in [0.05, 0.1) is 6.61 Å². The van der Waals surface area contributed by atoms with E-state index in [2.05, 4.69) is 26.9 Å².